The Morgan fingerprint density at radius 2 is 2.50 bits per heavy atom. The molecule has 2 heterocycles. The Morgan fingerprint density at radius 3 is 3.36 bits per heavy atom. The molecule has 0 spiro atoms. The average molecular weight is 189 g/mol. The van der Waals surface area contributed by atoms with E-state index in [1.807, 2.05) is 6.20 Å². The molecule has 0 amide bonds. The van der Waals surface area contributed by atoms with Gasteiger partial charge in [-0.05, 0) is 37.8 Å². The molecule has 3 nitrogen and oxygen atoms in total. The lowest BCUT2D eigenvalue weighted by molar-refractivity contribution is 0.320. The van der Waals surface area contributed by atoms with E-state index in [1.54, 1.807) is 6.33 Å². The summed E-state index contributed by atoms with van der Waals surface area (Å²) in [5, 5.41) is 3.53. The van der Waals surface area contributed by atoms with Crippen molar-refractivity contribution in [2.45, 2.75) is 24.7 Å². The molecule has 1 saturated carbocycles. The Labute approximate surface area is 84.0 Å². The van der Waals surface area contributed by atoms with Crippen molar-refractivity contribution >= 4 is 0 Å². The summed E-state index contributed by atoms with van der Waals surface area (Å²) in [6.45, 7) is 2.30. The highest BCUT2D eigenvalue weighted by molar-refractivity contribution is 5.20. The van der Waals surface area contributed by atoms with Crippen molar-refractivity contribution < 1.29 is 0 Å². The number of nitrogens with zero attached hydrogens (tertiary/aromatic N) is 2. The van der Waals surface area contributed by atoms with Gasteiger partial charge in [-0.25, -0.2) is 9.97 Å². The summed E-state index contributed by atoms with van der Waals surface area (Å²) in [5.41, 5.74) is 1.56. The zero-order valence-electron chi connectivity index (χ0n) is 8.24. The van der Waals surface area contributed by atoms with Crippen molar-refractivity contribution in [3.05, 3.63) is 24.3 Å². The number of piperidine rings is 1. The summed E-state index contributed by atoms with van der Waals surface area (Å²) >= 11 is 0. The van der Waals surface area contributed by atoms with E-state index in [4.69, 9.17) is 0 Å². The third kappa shape index (κ3) is 1.16. The minimum atomic E-state index is 0.325. The van der Waals surface area contributed by atoms with Crippen LogP contribution in [0.15, 0.2) is 18.6 Å². The first kappa shape index (κ1) is 8.36. The second-order valence-corrected chi connectivity index (χ2v) is 4.61. The fraction of sp³-hybridized carbons (Fsp3) is 0.636. The largest absolute Gasteiger partial charge is 0.316 e. The molecule has 1 saturated heterocycles. The van der Waals surface area contributed by atoms with Crippen molar-refractivity contribution in [1.29, 1.82) is 0 Å². The molecule has 3 rings (SSSR count). The second kappa shape index (κ2) is 3.02. The standard InChI is InChI=1S/C11H15N3/c1-3-11(5-9(1)6-13-7-11)10-2-4-12-8-14-10/h2,4,8-9,13H,1,3,5-7H2. The Balaban J connectivity index is 1.97. The molecule has 2 atom stereocenters. The molecular formula is C11H15N3. The van der Waals surface area contributed by atoms with E-state index in [2.05, 4.69) is 21.4 Å². The number of rotatable bonds is 1. The van der Waals surface area contributed by atoms with Crippen molar-refractivity contribution in [2.24, 2.45) is 5.92 Å². The molecule has 1 aliphatic heterocycles. The highest BCUT2D eigenvalue weighted by Crippen LogP contribution is 2.44. The Morgan fingerprint density at radius 1 is 1.50 bits per heavy atom. The van der Waals surface area contributed by atoms with Gasteiger partial charge in [-0.15, -0.1) is 0 Å². The molecule has 0 radical (unpaired) electrons. The van der Waals surface area contributed by atoms with Crippen LogP contribution in [-0.4, -0.2) is 23.1 Å². The van der Waals surface area contributed by atoms with Crippen LogP contribution >= 0.6 is 0 Å². The normalized spacial score (nSPS) is 35.9. The van der Waals surface area contributed by atoms with Gasteiger partial charge in [-0.2, -0.15) is 0 Å². The summed E-state index contributed by atoms with van der Waals surface area (Å²) in [6, 6.07) is 2.08. The second-order valence-electron chi connectivity index (χ2n) is 4.61. The summed E-state index contributed by atoms with van der Waals surface area (Å²) in [4.78, 5) is 8.41. The summed E-state index contributed by atoms with van der Waals surface area (Å²) in [6.07, 6.45) is 7.50. The van der Waals surface area contributed by atoms with Crippen molar-refractivity contribution in [2.75, 3.05) is 13.1 Å². The summed E-state index contributed by atoms with van der Waals surface area (Å²) in [7, 11) is 0. The van der Waals surface area contributed by atoms with Gasteiger partial charge in [-0.1, -0.05) is 0 Å². The third-order valence-electron chi connectivity index (χ3n) is 3.73. The van der Waals surface area contributed by atoms with E-state index in [1.165, 1.54) is 31.5 Å². The maximum atomic E-state index is 4.42. The van der Waals surface area contributed by atoms with Gasteiger partial charge in [0.2, 0.25) is 0 Å². The fourth-order valence-electron chi connectivity index (χ4n) is 3.02. The number of hydrogen-bond donors (Lipinski definition) is 1. The average Bonchev–Trinajstić information content (AvgIpc) is 2.57. The lowest BCUT2D eigenvalue weighted by atomic mass is 9.79. The van der Waals surface area contributed by atoms with Gasteiger partial charge in [0.15, 0.2) is 0 Å². The van der Waals surface area contributed by atoms with Crippen molar-refractivity contribution in [1.82, 2.24) is 15.3 Å². The van der Waals surface area contributed by atoms with Crippen LogP contribution < -0.4 is 5.32 Å². The van der Waals surface area contributed by atoms with E-state index in [0.29, 0.717) is 5.41 Å². The van der Waals surface area contributed by atoms with Crippen LogP contribution in [0.1, 0.15) is 25.0 Å². The smallest absolute Gasteiger partial charge is 0.115 e. The summed E-state index contributed by atoms with van der Waals surface area (Å²) < 4.78 is 0. The highest BCUT2D eigenvalue weighted by atomic mass is 14.9. The van der Waals surface area contributed by atoms with Gasteiger partial charge in [0.05, 0.1) is 5.69 Å². The maximum absolute atomic E-state index is 4.42. The topological polar surface area (TPSA) is 37.8 Å². The lowest BCUT2D eigenvalue weighted by Gasteiger charge is -2.33. The van der Waals surface area contributed by atoms with E-state index in [0.717, 1.165) is 12.5 Å². The molecule has 2 bridgehead atoms. The Bertz CT molecular complexity index is 321. The molecule has 0 aromatic carbocycles. The summed E-state index contributed by atoms with van der Waals surface area (Å²) in [5.74, 6) is 0.874. The predicted octanol–water partition coefficient (Wildman–Crippen LogP) is 1.12. The molecule has 1 N–H and O–H groups in total. The van der Waals surface area contributed by atoms with Crippen LogP contribution in [-0.2, 0) is 5.41 Å². The van der Waals surface area contributed by atoms with Crippen molar-refractivity contribution in [3.8, 4) is 0 Å². The molecule has 2 aliphatic rings. The predicted molar refractivity (Wildman–Crippen MR) is 53.9 cm³/mol. The minimum Gasteiger partial charge on any atom is -0.316 e. The number of aromatic nitrogens is 2. The van der Waals surface area contributed by atoms with Crippen LogP contribution in [0.25, 0.3) is 0 Å². The molecule has 1 aliphatic carbocycles. The van der Waals surface area contributed by atoms with Gasteiger partial charge >= 0.3 is 0 Å². The van der Waals surface area contributed by atoms with Crippen LogP contribution in [0.3, 0.4) is 0 Å². The van der Waals surface area contributed by atoms with Gasteiger partial charge in [0, 0.05) is 18.2 Å². The molecular weight excluding hydrogens is 174 g/mol. The molecule has 3 heteroatoms. The third-order valence-corrected chi connectivity index (χ3v) is 3.73. The van der Waals surface area contributed by atoms with Crippen LogP contribution in [0, 0.1) is 5.92 Å². The fourth-order valence-corrected chi connectivity index (χ4v) is 3.02. The first-order chi connectivity index (χ1) is 6.89. The van der Waals surface area contributed by atoms with Crippen LogP contribution in [0.4, 0.5) is 0 Å². The minimum absolute atomic E-state index is 0.325. The molecule has 74 valence electrons. The maximum Gasteiger partial charge on any atom is 0.115 e. The SMILES string of the molecule is c1cc(C23CCC(CNC2)C3)ncn1. The lowest BCUT2D eigenvalue weighted by Crippen LogP contribution is -2.42. The van der Waals surface area contributed by atoms with Gasteiger partial charge in [0.25, 0.3) is 0 Å². The van der Waals surface area contributed by atoms with E-state index >= 15 is 0 Å². The zero-order valence-corrected chi connectivity index (χ0v) is 8.24. The van der Waals surface area contributed by atoms with Crippen molar-refractivity contribution in [3.63, 3.8) is 0 Å². The number of fused-ring (bicyclic) bond motifs is 2. The quantitative estimate of drug-likeness (QED) is 0.719. The molecule has 14 heavy (non-hydrogen) atoms. The first-order valence-electron chi connectivity index (χ1n) is 5.36. The first-order valence-corrected chi connectivity index (χ1v) is 5.36. The number of nitrogens with one attached hydrogen (secondary N) is 1. The molecule has 2 fully saturated rings. The van der Waals surface area contributed by atoms with Gasteiger partial charge in [-0.3, -0.25) is 0 Å². The van der Waals surface area contributed by atoms with Gasteiger partial charge in [0.1, 0.15) is 6.33 Å². The zero-order chi connectivity index (χ0) is 9.43. The van der Waals surface area contributed by atoms with E-state index in [9.17, 15) is 0 Å². The molecule has 2 unspecified atom stereocenters. The Hall–Kier alpha value is -0.960. The Kier molecular flexibility index (Phi) is 1.80. The number of hydrogen-bond acceptors (Lipinski definition) is 3. The van der Waals surface area contributed by atoms with Crippen LogP contribution in [0.5, 0.6) is 0 Å². The molecule has 1 aromatic heterocycles. The highest BCUT2D eigenvalue weighted by Gasteiger charge is 2.43. The van der Waals surface area contributed by atoms with Gasteiger partial charge < -0.3 is 5.32 Å². The van der Waals surface area contributed by atoms with E-state index < -0.39 is 0 Å². The molecule has 1 aromatic rings. The van der Waals surface area contributed by atoms with E-state index in [-0.39, 0.29) is 0 Å². The monoisotopic (exact) mass is 189 g/mol. The van der Waals surface area contributed by atoms with Crippen LogP contribution in [0.2, 0.25) is 0 Å².